The molecule has 0 atom stereocenters. The topological polar surface area (TPSA) is 124 Å². The molecule has 1 fully saturated rings. The van der Waals surface area contributed by atoms with E-state index in [1.807, 2.05) is 33.8 Å². The van der Waals surface area contributed by atoms with Gasteiger partial charge in [-0.05, 0) is 30.2 Å². The number of sulfonamides is 1. The first-order valence-corrected chi connectivity index (χ1v) is 12.4. The molecule has 2 aromatic heterocycles. The quantitative estimate of drug-likeness (QED) is 0.645. The average molecular weight is 464 g/mol. The first kappa shape index (κ1) is 22.4. The maximum absolute atomic E-state index is 12.8. The Morgan fingerprint density at radius 3 is 2.66 bits per heavy atom. The number of aromatic nitrogens is 3. The number of pyridine rings is 1. The second kappa shape index (κ2) is 8.61. The smallest absolute Gasteiger partial charge is 0.333 e. The summed E-state index contributed by atoms with van der Waals surface area (Å²) in [4.78, 5) is 17.2. The van der Waals surface area contributed by atoms with Gasteiger partial charge in [-0.3, -0.25) is 0 Å². The lowest BCUT2D eigenvalue weighted by molar-refractivity contribution is 0.224. The molecule has 3 heterocycles. The SMILES string of the molecule is CC(C)c1cc(OC2CC2)nc(C(C)C)c1NC(=O)NS(=O)(=O)c1cnn2c1OCCC2. The van der Waals surface area contributed by atoms with Crippen LogP contribution in [0.15, 0.2) is 17.2 Å². The van der Waals surface area contributed by atoms with Gasteiger partial charge >= 0.3 is 6.03 Å². The number of fused-ring (bicyclic) bond motifs is 1. The Kier molecular flexibility index (Phi) is 6.02. The molecule has 0 spiro atoms. The number of amides is 2. The van der Waals surface area contributed by atoms with Crippen molar-refractivity contribution in [2.75, 3.05) is 11.9 Å². The van der Waals surface area contributed by atoms with E-state index >= 15 is 0 Å². The lowest BCUT2D eigenvalue weighted by Crippen LogP contribution is -2.35. The third-order valence-electron chi connectivity index (χ3n) is 5.30. The van der Waals surface area contributed by atoms with Gasteiger partial charge in [0.1, 0.15) is 6.10 Å². The van der Waals surface area contributed by atoms with Crippen molar-refractivity contribution in [3.63, 3.8) is 0 Å². The number of aryl methyl sites for hydroxylation is 1. The number of ether oxygens (including phenoxy) is 2. The Hall–Kier alpha value is -2.82. The van der Waals surface area contributed by atoms with Crippen LogP contribution in [0.4, 0.5) is 10.5 Å². The molecule has 0 bridgehead atoms. The van der Waals surface area contributed by atoms with Crippen molar-refractivity contribution in [2.45, 2.75) is 76.3 Å². The van der Waals surface area contributed by atoms with Gasteiger partial charge in [0.15, 0.2) is 4.90 Å². The minimum Gasteiger partial charge on any atom is -0.477 e. The number of nitrogens with one attached hydrogen (secondary N) is 2. The Labute approximate surface area is 187 Å². The van der Waals surface area contributed by atoms with E-state index in [1.165, 1.54) is 10.9 Å². The summed E-state index contributed by atoms with van der Waals surface area (Å²) in [5.74, 6) is 0.714. The molecular formula is C21H29N5O5S. The molecule has 1 saturated carbocycles. The lowest BCUT2D eigenvalue weighted by atomic mass is 9.97. The predicted octanol–water partition coefficient (Wildman–Crippen LogP) is 3.36. The largest absolute Gasteiger partial charge is 0.477 e. The van der Waals surface area contributed by atoms with Crippen molar-refractivity contribution in [2.24, 2.45) is 0 Å². The summed E-state index contributed by atoms with van der Waals surface area (Å²) in [6.07, 6.45) is 4.15. The van der Waals surface area contributed by atoms with Crippen molar-refractivity contribution < 1.29 is 22.7 Å². The highest BCUT2D eigenvalue weighted by Crippen LogP contribution is 2.36. The molecule has 0 radical (unpaired) electrons. The van der Waals surface area contributed by atoms with E-state index in [4.69, 9.17) is 9.47 Å². The van der Waals surface area contributed by atoms with Gasteiger partial charge in [0.2, 0.25) is 11.8 Å². The summed E-state index contributed by atoms with van der Waals surface area (Å²) in [5, 5.41) is 6.76. The Bertz CT molecular complexity index is 1090. The highest BCUT2D eigenvalue weighted by Gasteiger charge is 2.30. The maximum Gasteiger partial charge on any atom is 0.333 e. The molecule has 32 heavy (non-hydrogen) atoms. The van der Waals surface area contributed by atoms with Gasteiger partial charge in [-0.1, -0.05) is 27.7 Å². The molecule has 0 unspecified atom stereocenters. The fourth-order valence-corrected chi connectivity index (χ4v) is 4.52. The third kappa shape index (κ3) is 4.67. The predicted molar refractivity (Wildman–Crippen MR) is 118 cm³/mol. The molecule has 2 aliphatic rings. The van der Waals surface area contributed by atoms with Crippen LogP contribution in [0.3, 0.4) is 0 Å². The molecule has 4 rings (SSSR count). The van der Waals surface area contributed by atoms with Crippen LogP contribution in [0.1, 0.15) is 70.1 Å². The number of nitrogens with zero attached hydrogens (tertiary/aromatic N) is 3. The van der Waals surface area contributed by atoms with Crippen LogP contribution >= 0.6 is 0 Å². The molecular weight excluding hydrogens is 434 g/mol. The van der Waals surface area contributed by atoms with Gasteiger partial charge in [-0.25, -0.2) is 27.6 Å². The minimum atomic E-state index is -4.18. The number of rotatable bonds is 7. The van der Waals surface area contributed by atoms with Gasteiger partial charge in [0.25, 0.3) is 10.0 Å². The highest BCUT2D eigenvalue weighted by molar-refractivity contribution is 7.90. The molecule has 10 nitrogen and oxygen atoms in total. The maximum atomic E-state index is 12.8. The Balaban J connectivity index is 1.60. The van der Waals surface area contributed by atoms with Gasteiger partial charge in [0, 0.05) is 19.0 Å². The molecule has 0 aromatic carbocycles. The Morgan fingerprint density at radius 2 is 2.00 bits per heavy atom. The number of anilines is 1. The molecule has 2 N–H and O–H groups in total. The van der Waals surface area contributed by atoms with Crippen LogP contribution < -0.4 is 19.5 Å². The minimum absolute atomic E-state index is 0.0155. The number of carbonyl (C=O) groups excluding carboxylic acids is 1. The number of hydrogen-bond donors (Lipinski definition) is 2. The van der Waals surface area contributed by atoms with E-state index < -0.39 is 16.1 Å². The molecule has 2 aromatic rings. The number of urea groups is 1. The van der Waals surface area contributed by atoms with Crippen molar-refractivity contribution in [3.8, 4) is 11.8 Å². The second-order valence-corrected chi connectivity index (χ2v) is 10.4. The fraction of sp³-hybridized carbons (Fsp3) is 0.571. The van der Waals surface area contributed by atoms with E-state index in [9.17, 15) is 13.2 Å². The van der Waals surface area contributed by atoms with Gasteiger partial charge in [0.05, 0.1) is 24.2 Å². The molecule has 11 heteroatoms. The van der Waals surface area contributed by atoms with Crippen LogP contribution in [0.25, 0.3) is 0 Å². The van der Waals surface area contributed by atoms with Crippen LogP contribution in [0, 0.1) is 0 Å². The molecule has 2 amide bonds. The van der Waals surface area contributed by atoms with Crippen LogP contribution in [0.2, 0.25) is 0 Å². The first-order valence-electron chi connectivity index (χ1n) is 10.9. The summed E-state index contributed by atoms with van der Waals surface area (Å²) in [5.41, 5.74) is 1.97. The lowest BCUT2D eigenvalue weighted by Gasteiger charge is -2.21. The normalized spacial score (nSPS) is 15.9. The van der Waals surface area contributed by atoms with E-state index in [1.54, 1.807) is 0 Å². The molecule has 1 aliphatic carbocycles. The number of carbonyl (C=O) groups is 1. The fourth-order valence-electron chi connectivity index (χ4n) is 3.53. The first-order chi connectivity index (χ1) is 15.2. The van der Waals surface area contributed by atoms with Crippen molar-refractivity contribution in [1.82, 2.24) is 19.5 Å². The average Bonchev–Trinajstić information content (AvgIpc) is 3.41. The summed E-state index contributed by atoms with van der Waals surface area (Å²) >= 11 is 0. The van der Waals surface area contributed by atoms with Gasteiger partial charge in [-0.2, -0.15) is 5.10 Å². The standard InChI is InChI=1S/C21H29N5O5S/c1-12(2)15-10-17(31-14-6-7-14)23-18(13(3)4)19(15)24-21(27)25-32(28,29)16-11-22-26-8-5-9-30-20(16)26/h10-14H,5-9H2,1-4H3,(H2,24,25,27). The van der Waals surface area contributed by atoms with E-state index in [-0.39, 0.29) is 28.7 Å². The monoisotopic (exact) mass is 463 g/mol. The molecule has 174 valence electrons. The Morgan fingerprint density at radius 1 is 1.25 bits per heavy atom. The van der Waals surface area contributed by atoms with E-state index in [2.05, 4.69) is 20.1 Å². The van der Waals surface area contributed by atoms with Gasteiger partial charge < -0.3 is 14.8 Å². The van der Waals surface area contributed by atoms with Gasteiger partial charge in [-0.15, -0.1) is 0 Å². The second-order valence-electron chi connectivity index (χ2n) is 8.74. The molecule has 1 aliphatic heterocycles. The zero-order chi connectivity index (χ0) is 23.0. The van der Waals surface area contributed by atoms with E-state index in [0.29, 0.717) is 30.4 Å². The third-order valence-corrected chi connectivity index (χ3v) is 6.62. The van der Waals surface area contributed by atoms with Crippen LogP contribution in [0.5, 0.6) is 11.8 Å². The van der Waals surface area contributed by atoms with Crippen molar-refractivity contribution >= 4 is 21.7 Å². The van der Waals surface area contributed by atoms with E-state index in [0.717, 1.165) is 24.8 Å². The summed E-state index contributed by atoms with van der Waals surface area (Å²) < 4.78 is 40.6. The molecule has 0 saturated heterocycles. The van der Waals surface area contributed by atoms with Crippen LogP contribution in [-0.4, -0.2) is 41.9 Å². The summed E-state index contributed by atoms with van der Waals surface area (Å²) in [6, 6.07) is 0.947. The van der Waals surface area contributed by atoms with Crippen molar-refractivity contribution in [3.05, 3.63) is 23.5 Å². The zero-order valence-corrected chi connectivity index (χ0v) is 19.5. The zero-order valence-electron chi connectivity index (χ0n) is 18.7. The van der Waals surface area contributed by atoms with Crippen molar-refractivity contribution in [1.29, 1.82) is 0 Å². The number of hydrogen-bond acceptors (Lipinski definition) is 7. The summed E-state index contributed by atoms with van der Waals surface area (Å²) in [6.45, 7) is 8.88. The highest BCUT2D eigenvalue weighted by atomic mass is 32.2. The van der Waals surface area contributed by atoms with Crippen LogP contribution in [-0.2, 0) is 16.6 Å². The summed E-state index contributed by atoms with van der Waals surface area (Å²) in [7, 11) is -4.18.